The van der Waals surface area contributed by atoms with Gasteiger partial charge in [0.2, 0.25) is 5.91 Å². The number of pyridine rings is 1. The van der Waals surface area contributed by atoms with Crippen LogP contribution in [0.5, 0.6) is 5.75 Å². The van der Waals surface area contributed by atoms with Crippen molar-refractivity contribution in [1.82, 2.24) is 4.98 Å². The van der Waals surface area contributed by atoms with Gasteiger partial charge in [0.15, 0.2) is 5.82 Å². The second-order valence-corrected chi connectivity index (χ2v) is 6.63. The Labute approximate surface area is 164 Å². The molecule has 0 bridgehead atoms. The highest BCUT2D eigenvalue weighted by molar-refractivity contribution is 5.93. The second-order valence-electron chi connectivity index (χ2n) is 6.63. The van der Waals surface area contributed by atoms with Crippen LogP contribution in [0.25, 0.3) is 10.8 Å². The maximum absolute atomic E-state index is 12.4. The molecule has 0 radical (unpaired) electrons. The van der Waals surface area contributed by atoms with Gasteiger partial charge in [0.1, 0.15) is 5.75 Å². The summed E-state index contributed by atoms with van der Waals surface area (Å²) >= 11 is 0. The predicted molar refractivity (Wildman–Crippen MR) is 110 cm³/mol. The van der Waals surface area contributed by atoms with Crippen molar-refractivity contribution in [2.75, 3.05) is 43.1 Å². The number of hydrogen-bond acceptors (Lipinski definition) is 5. The van der Waals surface area contributed by atoms with Crippen molar-refractivity contribution < 1.29 is 14.3 Å². The van der Waals surface area contributed by atoms with E-state index < -0.39 is 0 Å². The number of anilines is 2. The highest BCUT2D eigenvalue weighted by atomic mass is 16.5. The van der Waals surface area contributed by atoms with Crippen LogP contribution in [0.3, 0.4) is 0 Å². The minimum atomic E-state index is -0.0942. The Balaban J connectivity index is 1.33. The molecule has 1 fully saturated rings. The maximum Gasteiger partial charge on any atom is 0.227 e. The molecule has 1 aliphatic rings. The van der Waals surface area contributed by atoms with Gasteiger partial charge in [-0.25, -0.2) is 4.98 Å². The highest BCUT2D eigenvalue weighted by Crippen LogP contribution is 2.24. The molecule has 1 saturated heterocycles. The summed E-state index contributed by atoms with van der Waals surface area (Å²) in [5, 5.41) is 5.25. The van der Waals surface area contributed by atoms with Crippen molar-refractivity contribution in [3.63, 3.8) is 0 Å². The summed E-state index contributed by atoms with van der Waals surface area (Å²) in [6.45, 7) is 3.19. The molecule has 1 amide bonds. The van der Waals surface area contributed by atoms with Crippen molar-refractivity contribution in [3.05, 3.63) is 60.8 Å². The average molecular weight is 377 g/mol. The molecule has 0 aliphatic carbocycles. The third-order valence-electron chi connectivity index (χ3n) is 4.69. The average Bonchev–Trinajstić information content (AvgIpc) is 2.75. The Morgan fingerprint density at radius 2 is 1.89 bits per heavy atom. The lowest BCUT2D eigenvalue weighted by molar-refractivity contribution is -0.116. The van der Waals surface area contributed by atoms with Gasteiger partial charge < -0.3 is 19.7 Å². The fourth-order valence-electron chi connectivity index (χ4n) is 3.25. The molecule has 28 heavy (non-hydrogen) atoms. The van der Waals surface area contributed by atoms with Gasteiger partial charge in [-0.1, -0.05) is 30.3 Å². The SMILES string of the molecule is O=C(CCOc1ccc2ccccc2c1)Nc1cccnc1N1CCOCC1. The van der Waals surface area contributed by atoms with E-state index in [2.05, 4.69) is 21.3 Å². The number of aromatic nitrogens is 1. The molecule has 0 unspecified atom stereocenters. The molecule has 6 nitrogen and oxygen atoms in total. The number of hydrogen-bond donors (Lipinski definition) is 1. The Kier molecular flexibility index (Phi) is 5.68. The zero-order valence-corrected chi connectivity index (χ0v) is 15.6. The van der Waals surface area contributed by atoms with Gasteiger partial charge in [0.25, 0.3) is 0 Å². The molecule has 0 atom stereocenters. The van der Waals surface area contributed by atoms with Crippen LogP contribution in [0.2, 0.25) is 0 Å². The van der Waals surface area contributed by atoms with Crippen LogP contribution in [0, 0.1) is 0 Å². The van der Waals surface area contributed by atoms with Gasteiger partial charge in [-0.05, 0) is 35.0 Å². The van der Waals surface area contributed by atoms with E-state index in [0.29, 0.717) is 19.8 Å². The maximum atomic E-state index is 12.4. The number of carbonyl (C=O) groups is 1. The van der Waals surface area contributed by atoms with Crippen LogP contribution >= 0.6 is 0 Å². The lowest BCUT2D eigenvalue weighted by Gasteiger charge is -2.29. The van der Waals surface area contributed by atoms with E-state index in [-0.39, 0.29) is 12.3 Å². The Bertz CT molecular complexity index is 954. The lowest BCUT2D eigenvalue weighted by atomic mass is 10.1. The molecule has 6 heteroatoms. The summed E-state index contributed by atoms with van der Waals surface area (Å²) in [7, 11) is 0. The van der Waals surface area contributed by atoms with Crippen LogP contribution in [0.15, 0.2) is 60.8 Å². The smallest absolute Gasteiger partial charge is 0.227 e. The summed E-state index contributed by atoms with van der Waals surface area (Å²) in [6, 6.07) is 17.8. The van der Waals surface area contributed by atoms with E-state index in [1.165, 1.54) is 5.39 Å². The first-order chi connectivity index (χ1) is 13.8. The summed E-state index contributed by atoms with van der Waals surface area (Å²) < 4.78 is 11.2. The fourth-order valence-corrected chi connectivity index (χ4v) is 3.25. The van der Waals surface area contributed by atoms with Gasteiger partial charge in [-0.3, -0.25) is 4.79 Å². The summed E-state index contributed by atoms with van der Waals surface area (Å²) in [5.41, 5.74) is 0.722. The van der Waals surface area contributed by atoms with Crippen LogP contribution in [-0.4, -0.2) is 43.8 Å². The third-order valence-corrected chi connectivity index (χ3v) is 4.69. The zero-order valence-electron chi connectivity index (χ0n) is 15.6. The molecular weight excluding hydrogens is 354 g/mol. The van der Waals surface area contributed by atoms with Crippen molar-refractivity contribution in [1.29, 1.82) is 0 Å². The van der Waals surface area contributed by atoms with Crippen LogP contribution in [0.4, 0.5) is 11.5 Å². The molecule has 4 rings (SSSR count). The Hall–Kier alpha value is -3.12. The molecule has 2 aromatic carbocycles. The van der Waals surface area contributed by atoms with Crippen LogP contribution < -0.4 is 15.0 Å². The number of benzene rings is 2. The van der Waals surface area contributed by atoms with Gasteiger partial charge in [0.05, 0.1) is 31.9 Å². The molecule has 3 aromatic rings. The third kappa shape index (κ3) is 4.40. The summed E-state index contributed by atoms with van der Waals surface area (Å²) in [4.78, 5) is 19.0. The molecule has 1 aliphatic heterocycles. The number of fused-ring (bicyclic) bond motifs is 1. The standard InChI is InChI=1S/C22H23N3O3/c26-21(9-13-28-19-8-7-17-4-1-2-5-18(17)16-19)24-20-6-3-10-23-22(20)25-11-14-27-15-12-25/h1-8,10,16H,9,11-15H2,(H,24,26). The van der Waals surface area contributed by atoms with E-state index in [9.17, 15) is 4.79 Å². The van der Waals surface area contributed by atoms with Crippen molar-refractivity contribution in [2.24, 2.45) is 0 Å². The Morgan fingerprint density at radius 3 is 2.75 bits per heavy atom. The zero-order chi connectivity index (χ0) is 19.2. The second kappa shape index (κ2) is 8.71. The topological polar surface area (TPSA) is 63.7 Å². The highest BCUT2D eigenvalue weighted by Gasteiger charge is 2.17. The molecule has 144 valence electrons. The number of ether oxygens (including phenoxy) is 2. The minimum absolute atomic E-state index is 0.0942. The van der Waals surface area contributed by atoms with E-state index >= 15 is 0 Å². The summed E-state index contributed by atoms with van der Waals surface area (Å²) in [6.07, 6.45) is 2.01. The van der Waals surface area contributed by atoms with Gasteiger partial charge in [-0.2, -0.15) is 0 Å². The van der Waals surface area contributed by atoms with Crippen molar-refractivity contribution in [3.8, 4) is 5.75 Å². The molecule has 0 saturated carbocycles. The molecule has 1 N–H and O–H groups in total. The van der Waals surface area contributed by atoms with E-state index in [4.69, 9.17) is 9.47 Å². The van der Waals surface area contributed by atoms with Crippen LogP contribution in [-0.2, 0) is 9.53 Å². The van der Waals surface area contributed by atoms with Gasteiger partial charge in [-0.15, -0.1) is 0 Å². The van der Waals surface area contributed by atoms with E-state index in [0.717, 1.165) is 35.7 Å². The predicted octanol–water partition coefficient (Wildman–Crippen LogP) is 3.48. The monoisotopic (exact) mass is 377 g/mol. The largest absolute Gasteiger partial charge is 0.493 e. The minimum Gasteiger partial charge on any atom is -0.493 e. The molecular formula is C22H23N3O3. The number of carbonyl (C=O) groups excluding carboxylic acids is 1. The molecule has 1 aromatic heterocycles. The number of morpholine rings is 1. The van der Waals surface area contributed by atoms with Gasteiger partial charge in [0, 0.05) is 19.3 Å². The quantitative estimate of drug-likeness (QED) is 0.713. The molecule has 2 heterocycles. The molecule has 0 spiro atoms. The van der Waals surface area contributed by atoms with Gasteiger partial charge >= 0.3 is 0 Å². The number of amides is 1. The van der Waals surface area contributed by atoms with Crippen molar-refractivity contribution in [2.45, 2.75) is 6.42 Å². The van der Waals surface area contributed by atoms with Crippen LogP contribution in [0.1, 0.15) is 6.42 Å². The van der Waals surface area contributed by atoms with E-state index in [1.807, 2.05) is 48.5 Å². The first kappa shape index (κ1) is 18.3. The number of rotatable bonds is 6. The number of nitrogens with one attached hydrogen (secondary N) is 1. The van der Waals surface area contributed by atoms with E-state index in [1.54, 1.807) is 6.20 Å². The first-order valence-corrected chi connectivity index (χ1v) is 9.49. The fraction of sp³-hybridized carbons (Fsp3) is 0.273. The first-order valence-electron chi connectivity index (χ1n) is 9.49. The Morgan fingerprint density at radius 1 is 1.07 bits per heavy atom. The lowest BCUT2D eigenvalue weighted by Crippen LogP contribution is -2.37. The normalized spacial score (nSPS) is 14.1. The summed E-state index contributed by atoms with van der Waals surface area (Å²) in [5.74, 6) is 1.46. The van der Waals surface area contributed by atoms with Crippen molar-refractivity contribution >= 4 is 28.2 Å². The number of nitrogens with zero attached hydrogens (tertiary/aromatic N) is 2.